The molecule has 5 nitrogen and oxygen atoms in total. The third-order valence-corrected chi connectivity index (χ3v) is 5.03. The first-order valence-electron chi connectivity index (χ1n) is 7.89. The maximum absolute atomic E-state index is 11.7. The first-order chi connectivity index (χ1) is 12.4. The summed E-state index contributed by atoms with van der Waals surface area (Å²) in [6.07, 6.45) is 3.05. The second kappa shape index (κ2) is 7.06. The largest absolute Gasteiger partial charge is 0.497 e. The van der Waals surface area contributed by atoms with E-state index in [0.29, 0.717) is 0 Å². The van der Waals surface area contributed by atoms with Crippen LogP contribution in [-0.2, 0) is 9.84 Å². The maximum atomic E-state index is 11.7. The monoisotopic (exact) mass is 366 g/mol. The van der Waals surface area contributed by atoms with Crippen LogP contribution in [-0.4, -0.2) is 31.6 Å². The minimum Gasteiger partial charge on any atom is -0.497 e. The van der Waals surface area contributed by atoms with Crippen LogP contribution in [0.3, 0.4) is 0 Å². The Morgan fingerprint density at radius 2 is 1.62 bits per heavy atom. The van der Waals surface area contributed by atoms with Crippen molar-refractivity contribution in [3.8, 4) is 40.1 Å². The van der Waals surface area contributed by atoms with Crippen molar-refractivity contribution in [2.45, 2.75) is 11.8 Å². The summed E-state index contributed by atoms with van der Waals surface area (Å²) >= 11 is 0. The molecule has 0 N–H and O–H groups in total. The van der Waals surface area contributed by atoms with Gasteiger partial charge in [-0.1, -0.05) is 30.2 Å². The zero-order valence-corrected chi connectivity index (χ0v) is 15.5. The van der Waals surface area contributed by atoms with Gasteiger partial charge in [0, 0.05) is 29.6 Å². The Kier molecular flexibility index (Phi) is 4.83. The third kappa shape index (κ3) is 3.63. The van der Waals surface area contributed by atoms with Gasteiger partial charge in [-0.15, -0.1) is 0 Å². The van der Waals surface area contributed by atoms with Crippen molar-refractivity contribution >= 4 is 9.84 Å². The van der Waals surface area contributed by atoms with Gasteiger partial charge in [0.25, 0.3) is 0 Å². The van der Waals surface area contributed by atoms with Crippen LogP contribution >= 0.6 is 0 Å². The fourth-order valence-electron chi connectivity index (χ4n) is 2.60. The molecular formula is C20H18N2O3S. The molecule has 3 rings (SSSR count). The second-order valence-electron chi connectivity index (χ2n) is 5.72. The second-order valence-corrected chi connectivity index (χ2v) is 7.74. The summed E-state index contributed by atoms with van der Waals surface area (Å²) in [6.45, 7) is 1.75. The summed E-state index contributed by atoms with van der Waals surface area (Å²) < 4.78 is 30.1. The number of hydrogen-bond donors (Lipinski definition) is 0. The highest BCUT2D eigenvalue weighted by molar-refractivity contribution is 7.90. The topological polar surface area (TPSA) is 61.2 Å². The van der Waals surface area contributed by atoms with Gasteiger partial charge in [-0.25, -0.2) is 8.42 Å². The minimum atomic E-state index is -3.24. The predicted octanol–water partition coefficient (Wildman–Crippen LogP) is 3.46. The van der Waals surface area contributed by atoms with Gasteiger partial charge in [-0.2, -0.15) is 9.78 Å². The third-order valence-electron chi connectivity index (χ3n) is 3.90. The minimum absolute atomic E-state index is 0.278. The average molecular weight is 366 g/mol. The molecule has 0 aliphatic rings. The number of sulfone groups is 1. The molecule has 0 saturated carbocycles. The van der Waals surface area contributed by atoms with Crippen LogP contribution in [0.1, 0.15) is 6.92 Å². The number of methoxy groups -OCH3 is 1. The van der Waals surface area contributed by atoms with Crippen LogP contribution in [0.2, 0.25) is 0 Å². The molecular weight excluding hydrogens is 348 g/mol. The van der Waals surface area contributed by atoms with Gasteiger partial charge >= 0.3 is 0 Å². The summed E-state index contributed by atoms with van der Waals surface area (Å²) in [5.74, 6) is 3.60. The molecule has 0 amide bonds. The molecule has 1 aromatic heterocycles. The fraction of sp³-hybridized carbons (Fsp3) is 0.150. The van der Waals surface area contributed by atoms with E-state index in [0.717, 1.165) is 28.1 Å². The van der Waals surface area contributed by atoms with Crippen LogP contribution in [0.15, 0.2) is 59.6 Å². The molecule has 2 aromatic carbocycles. The lowest BCUT2D eigenvalue weighted by molar-refractivity contribution is 0.415. The zero-order valence-electron chi connectivity index (χ0n) is 14.7. The number of ether oxygens (including phenoxy) is 1. The molecule has 0 radical (unpaired) electrons. The quantitative estimate of drug-likeness (QED) is 0.664. The van der Waals surface area contributed by atoms with Crippen molar-refractivity contribution in [1.29, 1.82) is 0 Å². The molecule has 1 heterocycles. The highest BCUT2D eigenvalue weighted by Crippen LogP contribution is 2.32. The summed E-state index contributed by atoms with van der Waals surface area (Å²) in [5.41, 5.74) is 3.43. The molecule has 0 bridgehead atoms. The normalized spacial score (nSPS) is 10.9. The lowest BCUT2D eigenvalue weighted by Crippen LogP contribution is -1.96. The van der Waals surface area contributed by atoms with E-state index in [-0.39, 0.29) is 4.90 Å². The lowest BCUT2D eigenvalue weighted by Gasteiger charge is -2.05. The van der Waals surface area contributed by atoms with Crippen LogP contribution in [0.25, 0.3) is 22.4 Å². The Labute approximate surface area is 153 Å². The molecule has 0 atom stereocenters. The smallest absolute Gasteiger partial charge is 0.175 e. The molecule has 0 unspecified atom stereocenters. The fourth-order valence-corrected chi connectivity index (χ4v) is 3.23. The highest BCUT2D eigenvalue weighted by atomic mass is 32.2. The van der Waals surface area contributed by atoms with Crippen LogP contribution in [0, 0.1) is 12.0 Å². The van der Waals surface area contributed by atoms with E-state index in [1.165, 1.54) is 6.26 Å². The summed E-state index contributed by atoms with van der Waals surface area (Å²) in [5, 5.41) is 4.54. The molecule has 6 heteroatoms. The van der Waals surface area contributed by atoms with Crippen LogP contribution in [0.4, 0.5) is 0 Å². The molecule has 0 aliphatic carbocycles. The van der Waals surface area contributed by atoms with Crippen molar-refractivity contribution in [2.24, 2.45) is 0 Å². The van der Waals surface area contributed by atoms with Crippen molar-refractivity contribution in [2.75, 3.05) is 13.4 Å². The van der Waals surface area contributed by atoms with Crippen molar-refractivity contribution in [3.05, 3.63) is 54.7 Å². The Balaban J connectivity index is 2.11. The number of rotatable bonds is 4. The Morgan fingerprint density at radius 1 is 1.00 bits per heavy atom. The first-order valence-corrected chi connectivity index (χ1v) is 9.79. The summed E-state index contributed by atoms with van der Waals surface area (Å²) in [7, 11) is -1.61. The molecule has 132 valence electrons. The summed E-state index contributed by atoms with van der Waals surface area (Å²) in [6, 6.07) is 17.3. The standard InChI is InChI=1S/C20H18N2O3S/c1-4-13-22-14-19(15-5-9-17(25-2)10-6-15)20(21-22)16-7-11-18(12-8-16)26(3,23)24/h5-12,14H,1-3H3. The number of hydrogen-bond acceptors (Lipinski definition) is 4. The van der Waals surface area contributed by atoms with Gasteiger partial charge in [-0.3, -0.25) is 0 Å². The van der Waals surface area contributed by atoms with Gasteiger partial charge < -0.3 is 4.74 Å². The Bertz CT molecular complexity index is 1080. The Hall–Kier alpha value is -3.04. The number of aromatic nitrogens is 2. The van der Waals surface area contributed by atoms with E-state index in [1.807, 2.05) is 30.5 Å². The Morgan fingerprint density at radius 3 is 2.15 bits per heavy atom. The first kappa shape index (κ1) is 17.8. The molecule has 0 aliphatic heterocycles. The van der Waals surface area contributed by atoms with Crippen molar-refractivity contribution < 1.29 is 13.2 Å². The predicted molar refractivity (Wildman–Crippen MR) is 102 cm³/mol. The molecule has 0 fully saturated rings. The van der Waals surface area contributed by atoms with E-state index < -0.39 is 9.84 Å². The van der Waals surface area contributed by atoms with E-state index >= 15 is 0 Å². The lowest BCUT2D eigenvalue weighted by atomic mass is 10.0. The SMILES string of the molecule is CC#Cn1cc(-c2ccc(OC)cc2)c(-c2ccc(S(C)(=O)=O)cc2)n1. The van der Waals surface area contributed by atoms with Gasteiger partial charge in [0.2, 0.25) is 0 Å². The van der Waals surface area contributed by atoms with Gasteiger partial charge in [-0.05, 0) is 36.8 Å². The van der Waals surface area contributed by atoms with E-state index in [9.17, 15) is 8.42 Å². The maximum Gasteiger partial charge on any atom is 0.175 e. The highest BCUT2D eigenvalue weighted by Gasteiger charge is 2.14. The van der Waals surface area contributed by atoms with E-state index in [1.54, 1.807) is 43.0 Å². The van der Waals surface area contributed by atoms with Gasteiger partial charge in [0.15, 0.2) is 9.84 Å². The molecule has 26 heavy (non-hydrogen) atoms. The van der Waals surface area contributed by atoms with E-state index in [4.69, 9.17) is 4.74 Å². The van der Waals surface area contributed by atoms with Crippen molar-refractivity contribution in [1.82, 2.24) is 9.78 Å². The zero-order chi connectivity index (χ0) is 18.7. The van der Waals surface area contributed by atoms with Crippen LogP contribution in [0.5, 0.6) is 5.75 Å². The number of nitrogens with zero attached hydrogens (tertiary/aromatic N) is 2. The van der Waals surface area contributed by atoms with Crippen molar-refractivity contribution in [3.63, 3.8) is 0 Å². The van der Waals surface area contributed by atoms with Gasteiger partial charge in [0.05, 0.1) is 12.0 Å². The van der Waals surface area contributed by atoms with E-state index in [2.05, 4.69) is 17.1 Å². The number of benzene rings is 2. The molecule has 0 saturated heterocycles. The van der Waals surface area contributed by atoms with Gasteiger partial charge in [0.1, 0.15) is 11.4 Å². The molecule has 3 aromatic rings. The average Bonchev–Trinajstić information content (AvgIpc) is 3.05. The summed E-state index contributed by atoms with van der Waals surface area (Å²) in [4.78, 5) is 0.278. The van der Waals surface area contributed by atoms with Crippen LogP contribution < -0.4 is 4.74 Å². The molecule has 0 spiro atoms.